The van der Waals surface area contributed by atoms with Crippen molar-refractivity contribution in [3.8, 4) is 0 Å². The van der Waals surface area contributed by atoms with Gasteiger partial charge in [-0.2, -0.15) is 0 Å². The number of benzene rings is 2. The lowest BCUT2D eigenvalue weighted by Gasteiger charge is -1.99. The van der Waals surface area contributed by atoms with E-state index in [2.05, 4.69) is 84.3 Å². The molecule has 5 heteroatoms. The van der Waals surface area contributed by atoms with E-state index in [9.17, 15) is 0 Å². The zero-order valence-corrected chi connectivity index (χ0v) is 12.7. The Morgan fingerprint density at radius 2 is 1.78 bits per heavy atom. The Labute approximate surface area is 126 Å². The number of aromatic nitrogens is 3. The van der Waals surface area contributed by atoms with Gasteiger partial charge in [0.05, 0.1) is 33.9 Å². The minimum Gasteiger partial charge on any atom is -0.452 e. The zero-order valence-electron chi connectivity index (χ0n) is 9.34. The number of rotatable bonds is 0. The van der Waals surface area contributed by atoms with E-state index in [-0.39, 0.29) is 0 Å². The van der Waals surface area contributed by atoms with Crippen molar-refractivity contribution in [3.63, 3.8) is 0 Å². The highest BCUT2D eigenvalue weighted by atomic mass is 127. The molecule has 0 saturated heterocycles. The van der Waals surface area contributed by atoms with E-state index >= 15 is 0 Å². The van der Waals surface area contributed by atoms with Crippen molar-refractivity contribution in [2.75, 3.05) is 0 Å². The van der Waals surface area contributed by atoms with Crippen LogP contribution in [0.3, 0.4) is 0 Å². The Balaban J connectivity index is 2.41. The van der Waals surface area contributed by atoms with Gasteiger partial charge in [-0.3, -0.25) is 2.78 Å². The lowest BCUT2D eigenvalue weighted by molar-refractivity contribution is 1.32. The van der Waals surface area contributed by atoms with Crippen molar-refractivity contribution in [1.82, 2.24) is 11.3 Å². The van der Waals surface area contributed by atoms with Gasteiger partial charge in [0.1, 0.15) is 6.33 Å². The van der Waals surface area contributed by atoms with Crippen molar-refractivity contribution in [2.24, 2.45) is 0 Å². The molecule has 0 N–H and O–H groups in total. The highest BCUT2D eigenvalue weighted by Gasteiger charge is 2.12. The molecule has 0 aliphatic heterocycles. The van der Waals surface area contributed by atoms with Gasteiger partial charge < -0.3 is 3.55 Å². The van der Waals surface area contributed by atoms with E-state index in [1.54, 1.807) is 0 Å². The molecule has 2 heterocycles. The lowest BCUT2D eigenvalue weighted by atomic mass is 10.1. The van der Waals surface area contributed by atoms with Gasteiger partial charge in [-0.15, -0.1) is 0 Å². The first-order chi connectivity index (χ1) is 8.77. The third kappa shape index (κ3) is 1.27. The van der Waals surface area contributed by atoms with Gasteiger partial charge in [0, 0.05) is 21.8 Å². The van der Waals surface area contributed by atoms with E-state index in [1.807, 2.05) is 9.11 Å². The molecule has 2 aromatic heterocycles. The molecule has 2 radical (unpaired) electrons. The first kappa shape index (κ1) is 10.9. The summed E-state index contributed by atoms with van der Waals surface area (Å²) in [6, 6.07) is 12.7. The van der Waals surface area contributed by atoms with E-state index in [4.69, 9.17) is 0 Å². The molecule has 3 nitrogen and oxygen atoms in total. The van der Waals surface area contributed by atoms with E-state index in [1.165, 1.54) is 21.8 Å². The Kier molecular flexibility index (Phi) is 2.25. The predicted molar refractivity (Wildman–Crippen MR) is 83.3 cm³/mol. The van der Waals surface area contributed by atoms with Gasteiger partial charge in [-0.05, 0) is 18.2 Å². The molecule has 0 aliphatic carbocycles. The van der Waals surface area contributed by atoms with Crippen LogP contribution in [0.5, 0.6) is 0 Å². The molecule has 4 aromatic rings. The van der Waals surface area contributed by atoms with E-state index in [0.717, 1.165) is 11.0 Å². The number of nitrogens with zero attached hydrogens (tertiary/aromatic N) is 3. The number of imidazole rings is 1. The molecule has 0 fully saturated rings. The first-order valence-electron chi connectivity index (χ1n) is 5.58. The van der Waals surface area contributed by atoms with Crippen molar-refractivity contribution < 1.29 is 0 Å². The largest absolute Gasteiger partial charge is 0.452 e. The third-order valence-corrected chi connectivity index (χ3v) is 4.67. The normalized spacial score (nSPS) is 11.8. The van der Waals surface area contributed by atoms with Crippen LogP contribution in [0, 0.1) is 0 Å². The molecule has 2 aromatic carbocycles. The van der Waals surface area contributed by atoms with Crippen LogP contribution < -0.4 is 0 Å². The lowest BCUT2D eigenvalue weighted by Crippen LogP contribution is -1.89. The summed E-state index contributed by atoms with van der Waals surface area (Å²) in [5, 5.41) is 2.48. The second-order valence-corrected chi connectivity index (χ2v) is 5.83. The fraction of sp³-hybridized carbons (Fsp3) is 0. The first-order valence-corrected chi connectivity index (χ1v) is 7.06. The maximum absolute atomic E-state index is 4.54. The summed E-state index contributed by atoms with van der Waals surface area (Å²) in [4.78, 5) is 4.54. The Hall–Kier alpha value is -1.03. The number of para-hydroxylation sites is 1. The highest BCUT2D eigenvalue weighted by Crippen LogP contribution is 2.33. The fourth-order valence-corrected chi connectivity index (χ4v) is 3.49. The molecule has 0 aliphatic rings. The molecule has 0 unspecified atom stereocenters. The molecular formula is C13H7AlIN3. The highest BCUT2D eigenvalue weighted by molar-refractivity contribution is 14.1. The van der Waals surface area contributed by atoms with Crippen molar-refractivity contribution in [2.45, 2.75) is 0 Å². The molecular weight excluding hydrogens is 352 g/mol. The van der Waals surface area contributed by atoms with Crippen LogP contribution in [-0.4, -0.2) is 27.8 Å². The number of hydrogen-bond acceptors (Lipinski definition) is 1. The van der Waals surface area contributed by atoms with Crippen LogP contribution in [0.1, 0.15) is 0 Å². The standard InChI is InChI=1S/C13H7IN3.Al/c14-17-7-15-13-11(17)6-5-10-12(13)8-3-1-2-4-9(8)16-10;/h1-7H;/q-1;+1. The van der Waals surface area contributed by atoms with Gasteiger partial charge in [0.15, 0.2) is 0 Å². The average Bonchev–Trinajstić information content (AvgIpc) is 2.91. The van der Waals surface area contributed by atoms with Crippen LogP contribution >= 0.6 is 22.9 Å². The summed E-state index contributed by atoms with van der Waals surface area (Å²) in [5.41, 5.74) is 4.64. The summed E-state index contributed by atoms with van der Waals surface area (Å²) < 4.78 is 4.18. The van der Waals surface area contributed by atoms with Gasteiger partial charge in [0.2, 0.25) is 0 Å². The predicted octanol–water partition coefficient (Wildman–Crippen LogP) is 3.27. The van der Waals surface area contributed by atoms with Crippen LogP contribution in [0.25, 0.3) is 32.8 Å². The van der Waals surface area contributed by atoms with Crippen LogP contribution in [0.2, 0.25) is 0 Å². The van der Waals surface area contributed by atoms with Crippen molar-refractivity contribution in [1.29, 1.82) is 0 Å². The molecule has 84 valence electrons. The Bertz CT molecular complexity index is 907. The fourth-order valence-electron chi connectivity index (χ4n) is 2.53. The summed E-state index contributed by atoms with van der Waals surface area (Å²) in [6.45, 7) is 0. The smallest absolute Gasteiger partial charge is 0.318 e. The number of hydrogen-bond donors (Lipinski definition) is 0. The van der Waals surface area contributed by atoms with E-state index < -0.39 is 0 Å². The second-order valence-electron chi connectivity index (χ2n) is 4.27. The Morgan fingerprint density at radius 3 is 2.67 bits per heavy atom. The summed E-state index contributed by atoms with van der Waals surface area (Å²) in [5.74, 6) is 0. The van der Waals surface area contributed by atoms with Crippen LogP contribution in [0.15, 0.2) is 42.7 Å². The topological polar surface area (TPSA) is 22.8 Å². The minimum absolute atomic E-state index is 1.07. The van der Waals surface area contributed by atoms with Crippen LogP contribution in [-0.2, 0) is 0 Å². The molecule has 0 saturated carbocycles. The monoisotopic (exact) mass is 359 g/mol. The summed E-state index contributed by atoms with van der Waals surface area (Å²) in [7, 11) is 0. The maximum Gasteiger partial charge on any atom is 0.318 e. The van der Waals surface area contributed by atoms with Crippen molar-refractivity contribution in [3.05, 3.63) is 42.7 Å². The minimum atomic E-state index is 1.07. The van der Waals surface area contributed by atoms with Gasteiger partial charge in [-0.25, -0.2) is 4.98 Å². The quantitative estimate of drug-likeness (QED) is 0.349. The van der Waals surface area contributed by atoms with Crippen LogP contribution in [0.4, 0.5) is 0 Å². The molecule has 0 amide bonds. The van der Waals surface area contributed by atoms with Crippen molar-refractivity contribution >= 4 is 72.2 Å². The zero-order chi connectivity index (χ0) is 12.3. The molecule has 18 heavy (non-hydrogen) atoms. The number of fused-ring (bicyclic) bond motifs is 5. The molecule has 0 bridgehead atoms. The number of halogens is 1. The second kappa shape index (κ2) is 3.73. The van der Waals surface area contributed by atoms with E-state index in [0.29, 0.717) is 0 Å². The third-order valence-electron chi connectivity index (χ3n) is 3.35. The average molecular weight is 359 g/mol. The maximum atomic E-state index is 4.54. The molecule has 4 rings (SSSR count). The van der Waals surface area contributed by atoms with Gasteiger partial charge in [-0.1, -0.05) is 18.2 Å². The van der Waals surface area contributed by atoms with Gasteiger partial charge in [0.25, 0.3) is 0 Å². The molecule has 0 atom stereocenters. The van der Waals surface area contributed by atoms with Gasteiger partial charge >= 0.3 is 16.5 Å². The summed E-state index contributed by atoms with van der Waals surface area (Å²) in [6.07, 6.45) is 1.86. The SMILES string of the molecule is [Al][n]1c2ccccc2c2c3ncn(I)c3ccc21. The summed E-state index contributed by atoms with van der Waals surface area (Å²) >= 11 is 5.04. The Morgan fingerprint density at radius 1 is 1.00 bits per heavy atom. The molecule has 0 spiro atoms.